The number of benzene rings is 2. The van der Waals surface area contributed by atoms with Gasteiger partial charge in [0, 0.05) is 10.1 Å². The molecular formula is C17H10N4S. The van der Waals surface area contributed by atoms with E-state index in [0.717, 1.165) is 31.4 Å². The summed E-state index contributed by atoms with van der Waals surface area (Å²) >= 11 is 1.60. The van der Waals surface area contributed by atoms with Crippen LogP contribution in [0.4, 0.5) is 5.82 Å². The third-order valence-electron chi connectivity index (χ3n) is 3.63. The molecule has 2 N–H and O–H groups in total. The fourth-order valence-corrected chi connectivity index (χ4v) is 3.61. The summed E-state index contributed by atoms with van der Waals surface area (Å²) in [6, 6.07) is 16.0. The Bertz CT molecular complexity index is 1040. The predicted molar refractivity (Wildman–Crippen MR) is 89.5 cm³/mol. The van der Waals surface area contributed by atoms with E-state index in [1.54, 1.807) is 11.3 Å². The van der Waals surface area contributed by atoms with Gasteiger partial charge in [-0.3, -0.25) is 0 Å². The van der Waals surface area contributed by atoms with E-state index in [0.29, 0.717) is 11.4 Å². The monoisotopic (exact) mass is 302 g/mol. The zero-order valence-electron chi connectivity index (χ0n) is 11.4. The molecule has 0 bridgehead atoms. The first kappa shape index (κ1) is 12.7. The van der Waals surface area contributed by atoms with E-state index < -0.39 is 0 Å². The van der Waals surface area contributed by atoms with Crippen molar-refractivity contribution < 1.29 is 0 Å². The lowest BCUT2D eigenvalue weighted by Crippen LogP contribution is -1.89. The first-order valence-corrected chi connectivity index (χ1v) is 7.51. The van der Waals surface area contributed by atoms with E-state index in [9.17, 15) is 0 Å². The van der Waals surface area contributed by atoms with Gasteiger partial charge in [0.05, 0.1) is 21.8 Å². The zero-order chi connectivity index (χ0) is 15.1. The molecule has 4 rings (SSSR count). The van der Waals surface area contributed by atoms with Crippen LogP contribution in [0.3, 0.4) is 0 Å². The summed E-state index contributed by atoms with van der Waals surface area (Å²) in [7, 11) is 0. The van der Waals surface area contributed by atoms with Gasteiger partial charge in [0.2, 0.25) is 0 Å². The van der Waals surface area contributed by atoms with Gasteiger partial charge in [-0.2, -0.15) is 5.26 Å². The van der Waals surface area contributed by atoms with Gasteiger partial charge < -0.3 is 5.73 Å². The lowest BCUT2D eigenvalue weighted by molar-refractivity contribution is 1.24. The molecule has 0 saturated heterocycles. The van der Waals surface area contributed by atoms with E-state index in [1.165, 1.54) is 6.33 Å². The molecule has 0 amide bonds. The van der Waals surface area contributed by atoms with E-state index in [1.807, 2.05) is 24.3 Å². The van der Waals surface area contributed by atoms with Crippen molar-refractivity contribution in [2.45, 2.75) is 0 Å². The fraction of sp³-hybridized carbons (Fsp3) is 0. The van der Waals surface area contributed by atoms with Crippen LogP contribution in [0.25, 0.3) is 31.4 Å². The number of nitrogens with zero attached hydrogens (tertiary/aromatic N) is 3. The maximum Gasteiger partial charge on any atom is 0.144 e. The number of thiophene rings is 1. The molecule has 0 saturated carbocycles. The molecule has 2 aromatic carbocycles. The first-order valence-electron chi connectivity index (χ1n) is 6.69. The van der Waals surface area contributed by atoms with Crippen molar-refractivity contribution in [3.05, 3.63) is 54.4 Å². The standard InChI is InChI=1S/C17H10N4S/c18-8-10-1-3-11(4-2-10)12-5-6-13-14(7-12)22-16-15(13)20-9-21-17(16)19/h1-7,9H,(H2,19,20,21). The van der Waals surface area contributed by atoms with E-state index in [4.69, 9.17) is 11.0 Å². The van der Waals surface area contributed by atoms with Crippen LogP contribution < -0.4 is 5.73 Å². The fourth-order valence-electron chi connectivity index (χ4n) is 2.51. The molecule has 0 radical (unpaired) electrons. The molecule has 0 aliphatic rings. The van der Waals surface area contributed by atoms with Crippen LogP contribution in [-0.2, 0) is 0 Å². The van der Waals surface area contributed by atoms with E-state index in [-0.39, 0.29) is 0 Å². The Morgan fingerprint density at radius 1 is 1.00 bits per heavy atom. The van der Waals surface area contributed by atoms with Gasteiger partial charge in [0.15, 0.2) is 0 Å². The summed E-state index contributed by atoms with van der Waals surface area (Å²) in [5.74, 6) is 0.520. The second-order valence-electron chi connectivity index (χ2n) is 4.94. The summed E-state index contributed by atoms with van der Waals surface area (Å²) in [4.78, 5) is 8.39. The lowest BCUT2D eigenvalue weighted by Gasteiger charge is -2.02. The number of nitrogen functional groups attached to an aromatic ring is 1. The second kappa shape index (κ2) is 4.79. The summed E-state index contributed by atoms with van der Waals surface area (Å²) in [6.07, 6.45) is 1.50. The summed E-state index contributed by atoms with van der Waals surface area (Å²) < 4.78 is 2.05. The van der Waals surface area contributed by atoms with Gasteiger partial charge in [-0.15, -0.1) is 11.3 Å². The molecular weight excluding hydrogens is 292 g/mol. The van der Waals surface area contributed by atoms with Crippen LogP contribution in [-0.4, -0.2) is 9.97 Å². The lowest BCUT2D eigenvalue weighted by atomic mass is 10.0. The Labute approximate surface area is 130 Å². The number of fused-ring (bicyclic) bond motifs is 3. The van der Waals surface area contributed by atoms with Crippen molar-refractivity contribution in [2.24, 2.45) is 0 Å². The minimum atomic E-state index is 0.520. The molecule has 0 atom stereocenters. The molecule has 5 heteroatoms. The highest BCUT2D eigenvalue weighted by atomic mass is 32.1. The third kappa shape index (κ3) is 1.90. The highest BCUT2D eigenvalue weighted by Crippen LogP contribution is 2.36. The third-order valence-corrected chi connectivity index (χ3v) is 4.79. The van der Waals surface area contributed by atoms with Crippen molar-refractivity contribution in [2.75, 3.05) is 5.73 Å². The average Bonchev–Trinajstić information content (AvgIpc) is 2.94. The Balaban J connectivity index is 1.91. The Kier molecular flexibility index (Phi) is 2.78. The van der Waals surface area contributed by atoms with Crippen LogP contribution >= 0.6 is 11.3 Å². The minimum absolute atomic E-state index is 0.520. The van der Waals surface area contributed by atoms with Crippen molar-refractivity contribution >= 4 is 37.5 Å². The smallest absolute Gasteiger partial charge is 0.144 e. The number of nitrogens with two attached hydrogens (primary N) is 1. The SMILES string of the molecule is N#Cc1ccc(-c2ccc3c(c2)sc2c(N)ncnc23)cc1. The number of nitriles is 1. The van der Waals surface area contributed by atoms with Crippen molar-refractivity contribution in [3.8, 4) is 17.2 Å². The number of hydrogen-bond donors (Lipinski definition) is 1. The summed E-state index contributed by atoms with van der Waals surface area (Å²) in [6.45, 7) is 0. The topological polar surface area (TPSA) is 75.6 Å². The van der Waals surface area contributed by atoms with Gasteiger partial charge in [0.1, 0.15) is 12.1 Å². The molecule has 104 valence electrons. The first-order chi connectivity index (χ1) is 10.8. The largest absolute Gasteiger partial charge is 0.382 e. The van der Waals surface area contributed by atoms with Gasteiger partial charge in [0.25, 0.3) is 0 Å². The maximum absolute atomic E-state index is 8.87. The molecule has 0 aliphatic heterocycles. The molecule has 2 aromatic heterocycles. The maximum atomic E-state index is 8.87. The average molecular weight is 302 g/mol. The quantitative estimate of drug-likeness (QED) is 0.577. The molecule has 0 fully saturated rings. The Hall–Kier alpha value is -2.97. The number of anilines is 1. The molecule has 22 heavy (non-hydrogen) atoms. The number of rotatable bonds is 1. The highest BCUT2D eigenvalue weighted by Gasteiger charge is 2.10. The zero-order valence-corrected chi connectivity index (χ0v) is 12.3. The number of hydrogen-bond acceptors (Lipinski definition) is 5. The van der Waals surface area contributed by atoms with Crippen molar-refractivity contribution in [1.29, 1.82) is 5.26 Å². The molecule has 4 aromatic rings. The molecule has 0 unspecified atom stereocenters. The van der Waals surface area contributed by atoms with Gasteiger partial charge in [-0.05, 0) is 29.3 Å². The van der Waals surface area contributed by atoms with Crippen LogP contribution in [0.5, 0.6) is 0 Å². The van der Waals surface area contributed by atoms with Crippen LogP contribution in [0.2, 0.25) is 0 Å². The summed E-state index contributed by atoms with van der Waals surface area (Å²) in [5.41, 5.74) is 9.68. The van der Waals surface area contributed by atoms with Gasteiger partial charge in [-0.1, -0.05) is 24.3 Å². The van der Waals surface area contributed by atoms with Crippen LogP contribution in [0.1, 0.15) is 5.56 Å². The van der Waals surface area contributed by atoms with Crippen LogP contribution in [0.15, 0.2) is 48.8 Å². The van der Waals surface area contributed by atoms with Crippen molar-refractivity contribution in [1.82, 2.24) is 9.97 Å². The van der Waals surface area contributed by atoms with Crippen LogP contribution in [0, 0.1) is 11.3 Å². The Morgan fingerprint density at radius 3 is 2.55 bits per heavy atom. The molecule has 0 aliphatic carbocycles. The normalized spacial score (nSPS) is 10.9. The predicted octanol–water partition coefficient (Wildman–Crippen LogP) is 3.97. The molecule has 2 heterocycles. The number of aromatic nitrogens is 2. The Morgan fingerprint density at radius 2 is 1.77 bits per heavy atom. The van der Waals surface area contributed by atoms with Gasteiger partial charge >= 0.3 is 0 Å². The molecule has 4 nitrogen and oxygen atoms in total. The van der Waals surface area contributed by atoms with E-state index >= 15 is 0 Å². The van der Waals surface area contributed by atoms with E-state index in [2.05, 4.69) is 34.2 Å². The molecule has 0 spiro atoms. The van der Waals surface area contributed by atoms with Crippen molar-refractivity contribution in [3.63, 3.8) is 0 Å². The summed E-state index contributed by atoms with van der Waals surface area (Å²) in [5, 5.41) is 9.96. The highest BCUT2D eigenvalue weighted by molar-refractivity contribution is 7.26. The second-order valence-corrected chi connectivity index (χ2v) is 5.99. The van der Waals surface area contributed by atoms with Gasteiger partial charge in [-0.25, -0.2) is 9.97 Å². The minimum Gasteiger partial charge on any atom is -0.382 e.